The van der Waals surface area contributed by atoms with Gasteiger partial charge in [0.2, 0.25) is 0 Å². The van der Waals surface area contributed by atoms with E-state index >= 15 is 0 Å². The summed E-state index contributed by atoms with van der Waals surface area (Å²) in [7, 11) is 0. The van der Waals surface area contributed by atoms with Gasteiger partial charge in [-0.05, 0) is 116 Å². The van der Waals surface area contributed by atoms with Crippen molar-refractivity contribution >= 4 is 114 Å². The van der Waals surface area contributed by atoms with Crippen LogP contribution in [-0.4, -0.2) is 17.3 Å². The fraction of sp³-hybridized carbons (Fsp3) is 0.316. The molecule has 300 valence electrons. The molecule has 10 rings (SSSR count). The minimum absolute atomic E-state index is 0.217. The third-order valence-corrected chi connectivity index (χ3v) is 13.9. The van der Waals surface area contributed by atoms with Gasteiger partial charge in [0.25, 0.3) is 0 Å². The highest BCUT2D eigenvalue weighted by Gasteiger charge is 2.29. The maximum atomic E-state index is 14.0. The van der Waals surface area contributed by atoms with E-state index in [4.69, 9.17) is 0 Å². The average molecular weight is 787 g/mol. The smallest absolute Gasteiger partial charge is 0.163 e. The van der Waals surface area contributed by atoms with E-state index in [-0.39, 0.29) is 17.3 Å². The summed E-state index contributed by atoms with van der Waals surface area (Å²) in [6.07, 6.45) is 14.5. The largest absolute Gasteiger partial charge is 0.294 e. The van der Waals surface area contributed by atoms with E-state index in [1.807, 2.05) is 0 Å². The number of fused-ring (bicyclic) bond motifs is 12. The zero-order valence-electron chi connectivity index (χ0n) is 35.5. The molecule has 0 amide bonds. The van der Waals surface area contributed by atoms with E-state index in [1.165, 1.54) is 64.6 Å². The molecule has 0 N–H and O–H groups in total. The van der Waals surface area contributed by atoms with Crippen molar-refractivity contribution in [3.63, 3.8) is 0 Å². The molecule has 0 bridgehead atoms. The van der Waals surface area contributed by atoms with Crippen LogP contribution in [0.4, 0.5) is 0 Å². The van der Waals surface area contributed by atoms with Crippen molar-refractivity contribution in [1.29, 1.82) is 0 Å². The lowest BCUT2D eigenvalue weighted by Crippen LogP contribution is -2.00. The molecule has 0 atom stereocenters. The first kappa shape index (κ1) is 38.5. The van der Waals surface area contributed by atoms with Crippen molar-refractivity contribution in [3.8, 4) is 0 Å². The average Bonchev–Trinajstić information content (AvgIpc) is 3.91. The van der Waals surface area contributed by atoms with Crippen molar-refractivity contribution in [3.05, 3.63) is 108 Å². The standard InChI is InChI=1S/C57H54O3/c1-4-7-10-13-25-46(58)34-28-31-43-49-37(34)19-16-22-40(49)52-55(43)53-41-23-17-20-38-36(48(60)27-15-12-9-6-3)30-33-45(50(38)41)57(53)54-42-24-18-21-39-35(47(59)26-14-11-8-5-2)29-32-44(51(39)42)56(52)54/h16-24,28-33H,4-15,25-27H2,1-3H3. The van der Waals surface area contributed by atoms with E-state index in [0.717, 1.165) is 126 Å². The normalized spacial score (nSPS) is 12.4. The number of benzene rings is 7. The number of hydrogen-bond acceptors (Lipinski definition) is 3. The molecule has 0 saturated heterocycles. The minimum Gasteiger partial charge on any atom is -0.294 e. The zero-order chi connectivity index (χ0) is 41.1. The second kappa shape index (κ2) is 15.7. The minimum atomic E-state index is 0.217. The summed E-state index contributed by atoms with van der Waals surface area (Å²) in [6, 6.07) is 32.5. The lowest BCUT2D eigenvalue weighted by molar-refractivity contribution is 0.0972. The highest BCUT2D eigenvalue weighted by Crippen LogP contribution is 2.56. The van der Waals surface area contributed by atoms with Gasteiger partial charge < -0.3 is 0 Å². The van der Waals surface area contributed by atoms with Crippen LogP contribution >= 0.6 is 0 Å². The number of carbonyl (C=O) groups excluding carboxylic acids is 3. The van der Waals surface area contributed by atoms with E-state index in [1.54, 1.807) is 0 Å². The number of Topliss-reactive ketones (excluding diaryl/α,β-unsaturated/α-hetero) is 3. The second-order valence-electron chi connectivity index (χ2n) is 17.6. The van der Waals surface area contributed by atoms with Crippen LogP contribution < -0.4 is 0 Å². The Morgan fingerprint density at radius 3 is 0.800 bits per heavy atom. The van der Waals surface area contributed by atoms with Gasteiger partial charge >= 0.3 is 0 Å². The van der Waals surface area contributed by atoms with Gasteiger partial charge in [-0.2, -0.15) is 0 Å². The molecule has 0 radical (unpaired) electrons. The number of unbranched alkanes of at least 4 members (excludes halogenated alkanes) is 9. The molecule has 0 aliphatic rings. The first-order chi connectivity index (χ1) is 29.5. The van der Waals surface area contributed by atoms with Gasteiger partial charge in [-0.3, -0.25) is 14.4 Å². The topological polar surface area (TPSA) is 51.2 Å². The summed E-state index contributed by atoms with van der Waals surface area (Å²) < 4.78 is 0. The maximum Gasteiger partial charge on any atom is 0.163 e. The van der Waals surface area contributed by atoms with Crippen LogP contribution in [-0.2, 0) is 0 Å². The van der Waals surface area contributed by atoms with Crippen molar-refractivity contribution in [2.75, 3.05) is 0 Å². The first-order valence-corrected chi connectivity index (χ1v) is 23.0. The Kier molecular flexibility index (Phi) is 10.1. The van der Waals surface area contributed by atoms with E-state index in [0.29, 0.717) is 19.3 Å². The maximum absolute atomic E-state index is 14.0. The molecule has 3 heteroatoms. The van der Waals surface area contributed by atoms with Crippen molar-refractivity contribution in [1.82, 2.24) is 0 Å². The van der Waals surface area contributed by atoms with Crippen LogP contribution in [0.25, 0.3) is 97.0 Å². The van der Waals surface area contributed by atoms with E-state index in [2.05, 4.69) is 112 Å². The first-order valence-electron chi connectivity index (χ1n) is 23.0. The number of carbonyl (C=O) groups is 3. The fourth-order valence-electron chi connectivity index (χ4n) is 11.1. The summed E-state index contributed by atoms with van der Waals surface area (Å²) >= 11 is 0. The molecular formula is C57H54O3. The molecule has 10 aromatic carbocycles. The van der Waals surface area contributed by atoms with Crippen molar-refractivity contribution < 1.29 is 14.4 Å². The van der Waals surface area contributed by atoms with Crippen LogP contribution in [0.3, 0.4) is 0 Å². The molecule has 0 saturated carbocycles. The fourth-order valence-corrected chi connectivity index (χ4v) is 11.1. The van der Waals surface area contributed by atoms with Gasteiger partial charge in [-0.15, -0.1) is 0 Å². The molecule has 3 nitrogen and oxygen atoms in total. The lowest BCUT2D eigenvalue weighted by atomic mass is 9.95. The van der Waals surface area contributed by atoms with E-state index in [9.17, 15) is 14.4 Å². The summed E-state index contributed by atoms with van der Waals surface area (Å²) in [5.41, 5.74) is 2.44. The zero-order valence-corrected chi connectivity index (χ0v) is 35.5. The highest BCUT2D eigenvalue weighted by molar-refractivity contribution is 6.56. The summed E-state index contributed by atoms with van der Waals surface area (Å²) in [5, 5.41) is 20.8. The van der Waals surface area contributed by atoms with Gasteiger partial charge in [-0.25, -0.2) is 0 Å². The van der Waals surface area contributed by atoms with Crippen molar-refractivity contribution in [2.45, 2.75) is 117 Å². The van der Waals surface area contributed by atoms with Gasteiger partial charge in [-0.1, -0.05) is 170 Å². The SMILES string of the molecule is CCCCCCC(=O)c1ccc2c3c1cccc3c1c2c2c3cccc4c(C(=O)CCCCCC)ccc(c43)c2c2c3cccc4c(C(=O)CCCCCC)ccc(c43)c12. The lowest BCUT2D eigenvalue weighted by Gasteiger charge is -2.07. The van der Waals surface area contributed by atoms with Gasteiger partial charge in [0, 0.05) is 36.0 Å². The number of hydrogen-bond donors (Lipinski definition) is 0. The molecule has 0 aliphatic heterocycles. The molecule has 0 aliphatic carbocycles. The Bertz CT molecular complexity index is 2820. The number of ketones is 3. The predicted octanol–water partition coefficient (Wildman–Crippen LogP) is 16.8. The van der Waals surface area contributed by atoms with Crippen LogP contribution in [0.5, 0.6) is 0 Å². The quantitative estimate of drug-likeness (QED) is 0.0643. The summed E-state index contributed by atoms with van der Waals surface area (Å²) in [5.74, 6) is 0.651. The Morgan fingerprint density at radius 1 is 0.283 bits per heavy atom. The third-order valence-electron chi connectivity index (χ3n) is 13.9. The summed E-state index contributed by atoms with van der Waals surface area (Å²) in [4.78, 5) is 41.9. The summed E-state index contributed by atoms with van der Waals surface area (Å²) in [6.45, 7) is 6.61. The van der Waals surface area contributed by atoms with Gasteiger partial charge in [0.1, 0.15) is 0 Å². The predicted molar refractivity (Wildman–Crippen MR) is 257 cm³/mol. The molecule has 0 fully saturated rings. The molecule has 0 aromatic heterocycles. The molecule has 10 aromatic rings. The van der Waals surface area contributed by atoms with Crippen LogP contribution in [0, 0.1) is 0 Å². The van der Waals surface area contributed by atoms with Gasteiger partial charge in [0.15, 0.2) is 17.3 Å². The molecule has 0 heterocycles. The Balaban J connectivity index is 1.32. The molecular weight excluding hydrogens is 733 g/mol. The Morgan fingerprint density at radius 2 is 0.533 bits per heavy atom. The molecule has 0 unspecified atom stereocenters. The highest BCUT2D eigenvalue weighted by atomic mass is 16.1. The van der Waals surface area contributed by atoms with Crippen molar-refractivity contribution in [2.24, 2.45) is 0 Å². The molecule has 60 heavy (non-hydrogen) atoms. The third kappa shape index (κ3) is 5.86. The van der Waals surface area contributed by atoms with Gasteiger partial charge in [0.05, 0.1) is 0 Å². The van der Waals surface area contributed by atoms with Crippen LogP contribution in [0.15, 0.2) is 91.0 Å². The monoisotopic (exact) mass is 786 g/mol. The Labute approximate surface area is 352 Å². The van der Waals surface area contributed by atoms with Crippen LogP contribution in [0.2, 0.25) is 0 Å². The Hall–Kier alpha value is -5.67. The van der Waals surface area contributed by atoms with E-state index < -0.39 is 0 Å². The second-order valence-corrected chi connectivity index (χ2v) is 17.6. The van der Waals surface area contributed by atoms with Crippen LogP contribution in [0.1, 0.15) is 148 Å². The number of rotatable bonds is 18. The molecule has 0 spiro atoms.